The van der Waals surface area contributed by atoms with Crippen LogP contribution in [0.25, 0.3) is 22.0 Å². The Labute approximate surface area is 206 Å². The number of anilines is 2. The fourth-order valence-electron chi connectivity index (χ4n) is 4.97. The van der Waals surface area contributed by atoms with Gasteiger partial charge in [0.25, 0.3) is 0 Å². The van der Waals surface area contributed by atoms with Crippen molar-refractivity contribution in [3.05, 3.63) is 78.4 Å². The highest BCUT2D eigenvalue weighted by atomic mass is 16.5. The van der Waals surface area contributed by atoms with Crippen molar-refractivity contribution in [1.29, 1.82) is 0 Å². The SMILES string of the molecule is COc1cc2nc(N3CCCN(Cc4ccccc4)CC3)cc(N)c2c(-c2ccccc2)c1OC. The van der Waals surface area contributed by atoms with Gasteiger partial charge >= 0.3 is 0 Å². The van der Waals surface area contributed by atoms with Crippen LogP contribution in [0.2, 0.25) is 0 Å². The monoisotopic (exact) mass is 468 g/mol. The summed E-state index contributed by atoms with van der Waals surface area (Å²) in [5, 5.41) is 0.887. The predicted molar refractivity (Wildman–Crippen MR) is 143 cm³/mol. The predicted octanol–water partition coefficient (Wildman–Crippen LogP) is 5.21. The van der Waals surface area contributed by atoms with E-state index in [1.165, 1.54) is 5.56 Å². The fourth-order valence-corrected chi connectivity index (χ4v) is 4.97. The molecule has 3 aromatic carbocycles. The van der Waals surface area contributed by atoms with Crippen LogP contribution in [0.3, 0.4) is 0 Å². The molecule has 1 aromatic heterocycles. The summed E-state index contributed by atoms with van der Waals surface area (Å²) in [4.78, 5) is 9.93. The van der Waals surface area contributed by atoms with Gasteiger partial charge in [-0.25, -0.2) is 4.98 Å². The lowest BCUT2D eigenvalue weighted by Crippen LogP contribution is -2.31. The Balaban J connectivity index is 1.49. The molecule has 0 bridgehead atoms. The molecule has 35 heavy (non-hydrogen) atoms. The summed E-state index contributed by atoms with van der Waals surface area (Å²) in [6.45, 7) is 4.87. The lowest BCUT2D eigenvalue weighted by molar-refractivity contribution is 0.285. The number of hydrogen-bond acceptors (Lipinski definition) is 6. The minimum absolute atomic E-state index is 0.646. The maximum absolute atomic E-state index is 6.71. The molecule has 0 atom stereocenters. The largest absolute Gasteiger partial charge is 0.493 e. The van der Waals surface area contributed by atoms with E-state index in [9.17, 15) is 0 Å². The number of methoxy groups -OCH3 is 2. The summed E-state index contributed by atoms with van der Waals surface area (Å²) in [5.41, 5.74) is 11.5. The van der Waals surface area contributed by atoms with Crippen molar-refractivity contribution >= 4 is 22.4 Å². The van der Waals surface area contributed by atoms with Crippen molar-refractivity contribution in [1.82, 2.24) is 9.88 Å². The Kier molecular flexibility index (Phi) is 6.73. The van der Waals surface area contributed by atoms with E-state index in [1.54, 1.807) is 14.2 Å². The van der Waals surface area contributed by atoms with Crippen LogP contribution in [0.4, 0.5) is 11.5 Å². The molecule has 6 nitrogen and oxygen atoms in total. The molecular formula is C29H32N4O2. The molecule has 2 N–H and O–H groups in total. The normalized spacial score (nSPS) is 14.6. The van der Waals surface area contributed by atoms with Crippen molar-refractivity contribution in [2.75, 3.05) is 51.0 Å². The van der Waals surface area contributed by atoms with Gasteiger partial charge in [0, 0.05) is 61.5 Å². The van der Waals surface area contributed by atoms with Crippen molar-refractivity contribution in [2.24, 2.45) is 0 Å². The van der Waals surface area contributed by atoms with Crippen molar-refractivity contribution in [3.8, 4) is 22.6 Å². The summed E-state index contributed by atoms with van der Waals surface area (Å²) < 4.78 is 11.5. The van der Waals surface area contributed by atoms with Crippen molar-refractivity contribution in [3.63, 3.8) is 0 Å². The maximum Gasteiger partial charge on any atom is 0.169 e. The molecule has 1 aliphatic heterocycles. The summed E-state index contributed by atoms with van der Waals surface area (Å²) in [6, 6.07) is 24.7. The summed E-state index contributed by atoms with van der Waals surface area (Å²) in [6.07, 6.45) is 1.08. The van der Waals surface area contributed by atoms with Crippen LogP contribution in [0.1, 0.15) is 12.0 Å². The number of hydrogen-bond donors (Lipinski definition) is 1. The quantitative estimate of drug-likeness (QED) is 0.419. The third-order valence-electron chi connectivity index (χ3n) is 6.68. The molecule has 180 valence electrons. The number of benzene rings is 3. The van der Waals surface area contributed by atoms with Gasteiger partial charge in [-0.3, -0.25) is 4.90 Å². The summed E-state index contributed by atoms with van der Waals surface area (Å²) in [7, 11) is 3.31. The van der Waals surface area contributed by atoms with E-state index in [-0.39, 0.29) is 0 Å². The first kappa shape index (κ1) is 23.0. The minimum atomic E-state index is 0.646. The topological polar surface area (TPSA) is 63.9 Å². The molecule has 1 fully saturated rings. The van der Waals surface area contributed by atoms with E-state index in [0.29, 0.717) is 17.2 Å². The Morgan fingerprint density at radius 2 is 1.60 bits per heavy atom. The third kappa shape index (κ3) is 4.75. The number of fused-ring (bicyclic) bond motifs is 1. The van der Waals surface area contributed by atoms with Crippen LogP contribution < -0.4 is 20.1 Å². The molecule has 0 radical (unpaired) electrons. The highest BCUT2D eigenvalue weighted by Crippen LogP contribution is 2.46. The van der Waals surface area contributed by atoms with E-state index in [2.05, 4.69) is 52.3 Å². The lowest BCUT2D eigenvalue weighted by atomic mass is 9.97. The second-order valence-electron chi connectivity index (χ2n) is 8.92. The fraction of sp³-hybridized carbons (Fsp3) is 0.276. The number of rotatable bonds is 6. The third-order valence-corrected chi connectivity index (χ3v) is 6.68. The van der Waals surface area contributed by atoms with Crippen molar-refractivity contribution < 1.29 is 9.47 Å². The highest BCUT2D eigenvalue weighted by Gasteiger charge is 2.22. The standard InChI is InChI=1S/C29H32N4O2/c1-34-25-19-24-28(27(29(25)35-2)22-12-7-4-8-13-22)23(30)18-26(31-24)33-15-9-14-32(16-17-33)20-21-10-5-3-6-11-21/h3-8,10-13,18-19H,9,14-17,20H2,1-2H3,(H2,30,31). The van der Waals surface area contributed by atoms with E-state index in [0.717, 1.165) is 67.0 Å². The van der Waals surface area contributed by atoms with Crippen LogP contribution in [0, 0.1) is 0 Å². The Hall–Kier alpha value is -3.77. The number of nitrogens with zero attached hydrogens (tertiary/aromatic N) is 3. The Morgan fingerprint density at radius 3 is 2.31 bits per heavy atom. The first-order valence-corrected chi connectivity index (χ1v) is 12.1. The lowest BCUT2D eigenvalue weighted by Gasteiger charge is -2.24. The zero-order chi connectivity index (χ0) is 24.2. The van der Waals surface area contributed by atoms with Gasteiger partial charge in [-0.15, -0.1) is 0 Å². The van der Waals surface area contributed by atoms with Crippen LogP contribution in [0.15, 0.2) is 72.8 Å². The molecule has 0 unspecified atom stereocenters. The molecule has 6 heteroatoms. The van der Waals surface area contributed by atoms with Crippen LogP contribution in [-0.4, -0.2) is 50.3 Å². The van der Waals surface area contributed by atoms with Crippen LogP contribution in [0.5, 0.6) is 11.5 Å². The zero-order valence-corrected chi connectivity index (χ0v) is 20.4. The van der Waals surface area contributed by atoms with Gasteiger partial charge in [0.1, 0.15) is 5.82 Å². The number of pyridine rings is 1. The minimum Gasteiger partial charge on any atom is -0.493 e. The molecule has 1 aliphatic rings. The maximum atomic E-state index is 6.71. The molecule has 0 amide bonds. The van der Waals surface area contributed by atoms with Gasteiger partial charge in [-0.2, -0.15) is 0 Å². The second-order valence-corrected chi connectivity index (χ2v) is 8.92. The second kappa shape index (κ2) is 10.2. The molecule has 4 aromatic rings. The summed E-state index contributed by atoms with van der Waals surface area (Å²) >= 11 is 0. The highest BCUT2D eigenvalue weighted by molar-refractivity contribution is 6.07. The van der Waals surface area contributed by atoms with Gasteiger partial charge < -0.3 is 20.1 Å². The van der Waals surface area contributed by atoms with E-state index in [1.807, 2.05) is 30.3 Å². The Bertz CT molecular complexity index is 1290. The molecule has 2 heterocycles. The van der Waals surface area contributed by atoms with Crippen LogP contribution >= 0.6 is 0 Å². The average Bonchev–Trinajstić information content (AvgIpc) is 3.14. The van der Waals surface area contributed by atoms with Gasteiger partial charge in [-0.05, 0) is 17.5 Å². The number of nitrogen functional groups attached to an aromatic ring is 1. The number of aromatic nitrogens is 1. The van der Waals surface area contributed by atoms with Gasteiger partial charge in [0.15, 0.2) is 11.5 Å². The molecular weight excluding hydrogens is 436 g/mol. The summed E-state index contributed by atoms with van der Waals surface area (Å²) in [5.74, 6) is 2.22. The zero-order valence-electron chi connectivity index (χ0n) is 20.4. The van der Waals surface area contributed by atoms with Gasteiger partial charge in [0.2, 0.25) is 0 Å². The Morgan fingerprint density at radius 1 is 0.857 bits per heavy atom. The van der Waals surface area contributed by atoms with Crippen molar-refractivity contribution in [2.45, 2.75) is 13.0 Å². The molecule has 0 aliphatic carbocycles. The number of ether oxygens (including phenoxy) is 2. The van der Waals surface area contributed by atoms with Gasteiger partial charge in [-0.1, -0.05) is 60.7 Å². The van der Waals surface area contributed by atoms with Gasteiger partial charge in [0.05, 0.1) is 19.7 Å². The molecule has 5 rings (SSSR count). The van der Waals surface area contributed by atoms with E-state index >= 15 is 0 Å². The first-order valence-electron chi connectivity index (χ1n) is 12.1. The van der Waals surface area contributed by atoms with Crippen LogP contribution in [-0.2, 0) is 6.54 Å². The van der Waals surface area contributed by atoms with E-state index < -0.39 is 0 Å². The van der Waals surface area contributed by atoms with E-state index in [4.69, 9.17) is 20.2 Å². The smallest absolute Gasteiger partial charge is 0.169 e. The number of nitrogens with two attached hydrogens (primary N) is 1. The molecule has 0 saturated carbocycles. The first-order chi connectivity index (χ1) is 17.2. The molecule has 1 saturated heterocycles. The average molecular weight is 469 g/mol. The molecule has 0 spiro atoms.